The average Bonchev–Trinajstić information content (AvgIpc) is 3.87. The van der Waals surface area contributed by atoms with Crippen molar-refractivity contribution in [2.24, 2.45) is 28.3 Å². The van der Waals surface area contributed by atoms with E-state index in [1.54, 1.807) is 41.5 Å². The number of amides is 10. The summed E-state index contributed by atoms with van der Waals surface area (Å²) in [6.07, 6.45) is 0.247. The second kappa shape index (κ2) is 31.6. The normalized spacial score (nSPS) is 15.8. The highest BCUT2D eigenvalue weighted by Gasteiger charge is 2.39. The fourth-order valence-electron chi connectivity index (χ4n) is 8.76. The van der Waals surface area contributed by atoms with E-state index in [0.717, 1.165) is 15.7 Å². The molecule has 0 saturated carbocycles. The Labute approximate surface area is 451 Å². The highest BCUT2D eigenvalue weighted by atomic mass is 16.3. The molecule has 0 bridgehead atoms. The van der Waals surface area contributed by atoms with Gasteiger partial charge in [0.15, 0.2) is 5.96 Å². The number of guanidine groups is 1. The number of nitrogens with zero attached hydrogens (tertiary/aromatic N) is 3. The number of nitrogens with one attached hydrogen (secondary N) is 8. The van der Waals surface area contributed by atoms with E-state index < -0.39 is 108 Å². The lowest BCUT2D eigenvalue weighted by Gasteiger charge is -2.30. The van der Waals surface area contributed by atoms with E-state index in [9.17, 15) is 53.1 Å². The topological polar surface area (TPSA) is 358 Å². The highest BCUT2D eigenvalue weighted by molar-refractivity contribution is 5.99. The maximum absolute atomic E-state index is 14.7. The van der Waals surface area contributed by atoms with Gasteiger partial charge < -0.3 is 68.9 Å². The summed E-state index contributed by atoms with van der Waals surface area (Å²) in [5.74, 6) is -7.34. The Balaban J connectivity index is 1.90. The lowest BCUT2D eigenvalue weighted by molar-refractivity contribution is -0.142. The first kappa shape index (κ1) is 63.9. The van der Waals surface area contributed by atoms with Crippen LogP contribution in [-0.4, -0.2) is 168 Å². The molecule has 77 heavy (non-hydrogen) atoms. The molecule has 3 rings (SSSR count). The molecule has 0 radical (unpaired) electrons. The Morgan fingerprint density at radius 2 is 1.34 bits per heavy atom. The molecule has 13 N–H and O–H groups in total. The third kappa shape index (κ3) is 20.6. The molecule has 0 unspecified atom stereocenters. The van der Waals surface area contributed by atoms with Gasteiger partial charge >= 0.3 is 0 Å². The van der Waals surface area contributed by atoms with Gasteiger partial charge in [0, 0.05) is 40.0 Å². The SMILES string of the molecule is CCC[C@H](NC(=O)[C@@H](NC(=O)[C@@H](CC(C)C)NC(=O)[C@@H](NC(=O)CNC(=O)CN(C)C(C)=O)C(C)C)[C@@H](C)O)C(=O)N[C@@H](Cc1cccc2ccccc12)C(=O)N[C@@H](CCCN=C(N)N)C(=O)N1CCC[C@H]1C(=O)NCC. The highest BCUT2D eigenvalue weighted by Crippen LogP contribution is 2.22. The average molecular weight is 1080 g/mol. The molecule has 1 saturated heterocycles. The Kier molecular flexibility index (Phi) is 26.3. The molecule has 1 fully saturated rings. The summed E-state index contributed by atoms with van der Waals surface area (Å²) >= 11 is 0. The molecule has 426 valence electrons. The summed E-state index contributed by atoms with van der Waals surface area (Å²) in [6, 6.07) is 4.35. The van der Waals surface area contributed by atoms with Gasteiger partial charge in [0.2, 0.25) is 59.1 Å². The first-order valence-corrected chi connectivity index (χ1v) is 26.5. The van der Waals surface area contributed by atoms with Gasteiger partial charge in [-0.25, -0.2) is 0 Å². The molecular formula is C53H83N13O11. The lowest BCUT2D eigenvalue weighted by Crippen LogP contribution is -2.62. The number of benzene rings is 2. The molecule has 24 nitrogen and oxygen atoms in total. The number of hydrogen-bond donors (Lipinski definition) is 11. The summed E-state index contributed by atoms with van der Waals surface area (Å²) < 4.78 is 0. The zero-order chi connectivity index (χ0) is 57.5. The van der Waals surface area contributed by atoms with Crippen molar-refractivity contribution in [2.45, 2.75) is 155 Å². The van der Waals surface area contributed by atoms with E-state index in [0.29, 0.717) is 31.4 Å². The zero-order valence-corrected chi connectivity index (χ0v) is 46.0. The maximum atomic E-state index is 14.7. The van der Waals surface area contributed by atoms with Gasteiger partial charge in [-0.05, 0) is 80.5 Å². The molecule has 24 heteroatoms. The molecule has 1 aliphatic rings. The molecule has 0 spiro atoms. The molecule has 1 aliphatic heterocycles. The summed E-state index contributed by atoms with van der Waals surface area (Å²) in [4.78, 5) is 142. The van der Waals surface area contributed by atoms with Crippen LogP contribution in [0.15, 0.2) is 47.5 Å². The van der Waals surface area contributed by atoms with Crippen LogP contribution >= 0.6 is 0 Å². The van der Waals surface area contributed by atoms with E-state index in [1.807, 2.05) is 42.5 Å². The van der Waals surface area contributed by atoms with Crippen molar-refractivity contribution in [2.75, 3.05) is 39.8 Å². The van der Waals surface area contributed by atoms with Crippen LogP contribution in [0, 0.1) is 11.8 Å². The van der Waals surface area contributed by atoms with Crippen molar-refractivity contribution in [3.63, 3.8) is 0 Å². The van der Waals surface area contributed by atoms with E-state index in [1.165, 1.54) is 25.8 Å². The van der Waals surface area contributed by atoms with Crippen LogP contribution < -0.4 is 54.0 Å². The summed E-state index contributed by atoms with van der Waals surface area (Å²) in [7, 11) is 1.42. The minimum absolute atomic E-state index is 0.0518. The van der Waals surface area contributed by atoms with Crippen LogP contribution in [0.5, 0.6) is 0 Å². The van der Waals surface area contributed by atoms with Crippen molar-refractivity contribution < 1.29 is 53.1 Å². The number of hydrogen-bond acceptors (Lipinski definition) is 12. The van der Waals surface area contributed by atoms with Crippen molar-refractivity contribution in [1.29, 1.82) is 0 Å². The van der Waals surface area contributed by atoms with Crippen LogP contribution in [0.25, 0.3) is 10.8 Å². The predicted molar refractivity (Wildman–Crippen MR) is 290 cm³/mol. The summed E-state index contributed by atoms with van der Waals surface area (Å²) in [6.45, 7) is 13.0. The van der Waals surface area contributed by atoms with Gasteiger partial charge in [-0.1, -0.05) is 83.5 Å². The van der Waals surface area contributed by atoms with Crippen LogP contribution in [0.1, 0.15) is 106 Å². The van der Waals surface area contributed by atoms with Crippen molar-refractivity contribution in [1.82, 2.24) is 52.3 Å². The molecule has 1 heterocycles. The van der Waals surface area contributed by atoms with Crippen molar-refractivity contribution in [3.8, 4) is 0 Å². The molecule has 2 aromatic rings. The molecule has 10 amide bonds. The third-order valence-electron chi connectivity index (χ3n) is 12.9. The van der Waals surface area contributed by atoms with Gasteiger partial charge in [-0.3, -0.25) is 52.9 Å². The van der Waals surface area contributed by atoms with Crippen LogP contribution in [0.3, 0.4) is 0 Å². The number of nitrogens with two attached hydrogens (primary N) is 2. The Morgan fingerprint density at radius 3 is 1.96 bits per heavy atom. The fraction of sp³-hybridized carbons (Fsp3) is 0.604. The number of aliphatic hydroxyl groups excluding tert-OH is 1. The van der Waals surface area contributed by atoms with Gasteiger partial charge in [0.1, 0.15) is 42.3 Å². The van der Waals surface area contributed by atoms with E-state index >= 15 is 0 Å². The maximum Gasteiger partial charge on any atom is 0.245 e. The van der Waals surface area contributed by atoms with E-state index in [2.05, 4.69) is 47.5 Å². The van der Waals surface area contributed by atoms with Crippen molar-refractivity contribution >= 4 is 75.8 Å². The summed E-state index contributed by atoms with van der Waals surface area (Å²) in [5, 5.41) is 33.9. The van der Waals surface area contributed by atoms with Gasteiger partial charge in [-0.2, -0.15) is 0 Å². The van der Waals surface area contributed by atoms with Gasteiger partial charge in [-0.15, -0.1) is 0 Å². The van der Waals surface area contributed by atoms with Crippen LogP contribution in [0.4, 0.5) is 0 Å². The molecule has 0 aromatic heterocycles. The van der Waals surface area contributed by atoms with Crippen molar-refractivity contribution in [3.05, 3.63) is 48.0 Å². The number of fused-ring (bicyclic) bond motifs is 1. The largest absolute Gasteiger partial charge is 0.391 e. The zero-order valence-electron chi connectivity index (χ0n) is 46.0. The first-order valence-electron chi connectivity index (χ1n) is 26.5. The number of carbonyl (C=O) groups excluding carboxylic acids is 10. The number of rotatable bonds is 30. The number of likely N-dealkylation sites (N-methyl/N-ethyl adjacent to an activating group) is 2. The monoisotopic (exact) mass is 1080 g/mol. The molecule has 2 aromatic carbocycles. The standard InChI is InChI=1S/C53H83N13O11/c1-10-17-37(59-51(76)45(32(7)67)64-48(73)39(26-30(3)4)62-50(75)44(31(5)6)63-42(69)28-58-43(70)29-65(9)33(8)68)46(71)61-40(27-35-20-14-19-34-18-12-13-21-36(34)35)47(72)60-38(22-15-24-57-53(54)55)52(77)66-25-16-23-41(66)49(74)56-11-2/h12-14,18-21,30-32,37-41,44-45,67H,10-11,15-17,22-29H2,1-9H3,(H,56,74)(H,58,70)(H,59,76)(H,60,72)(H,61,71)(H,62,75)(H,63,69)(H,64,73)(H4,54,55,57)/t32-,37+,38+,39-,40+,41+,44+,45+/m1/s1. The number of likely N-dealkylation sites (tertiary alicyclic amines) is 1. The fourth-order valence-corrected chi connectivity index (χ4v) is 8.76. The lowest BCUT2D eigenvalue weighted by atomic mass is 9.97. The van der Waals surface area contributed by atoms with E-state index in [-0.39, 0.29) is 75.4 Å². The smallest absolute Gasteiger partial charge is 0.245 e. The van der Waals surface area contributed by atoms with Gasteiger partial charge in [0.25, 0.3) is 0 Å². The first-order chi connectivity index (χ1) is 36.4. The number of aliphatic hydroxyl groups is 1. The molecular weight excluding hydrogens is 995 g/mol. The van der Waals surface area contributed by atoms with E-state index in [4.69, 9.17) is 11.5 Å². The quantitative estimate of drug-likeness (QED) is 0.0253. The van der Waals surface area contributed by atoms with Gasteiger partial charge in [0.05, 0.1) is 19.2 Å². The van der Waals surface area contributed by atoms with Crippen LogP contribution in [0.2, 0.25) is 0 Å². The predicted octanol–water partition coefficient (Wildman–Crippen LogP) is -1.05. The third-order valence-corrected chi connectivity index (χ3v) is 12.9. The van der Waals surface area contributed by atoms with Crippen LogP contribution in [-0.2, 0) is 54.4 Å². The Hall–Kier alpha value is -7.37. The number of aliphatic imine (C=N–C) groups is 1. The molecule has 0 aliphatic carbocycles. The Morgan fingerprint density at radius 1 is 0.727 bits per heavy atom. The minimum atomic E-state index is -1.65. The molecule has 8 atom stereocenters. The Bertz CT molecular complexity index is 2410. The summed E-state index contributed by atoms with van der Waals surface area (Å²) in [5.41, 5.74) is 11.8. The second-order valence-electron chi connectivity index (χ2n) is 20.2. The minimum Gasteiger partial charge on any atom is -0.391 e. The number of carbonyl (C=O) groups is 10. The second-order valence-corrected chi connectivity index (χ2v) is 20.2.